The van der Waals surface area contributed by atoms with Crippen molar-refractivity contribution in [3.8, 4) is 5.75 Å². The van der Waals surface area contributed by atoms with E-state index in [4.69, 9.17) is 4.74 Å². The first kappa shape index (κ1) is 15.0. The normalized spacial score (nSPS) is 12.0. The Morgan fingerprint density at radius 3 is 2.78 bits per heavy atom. The van der Waals surface area contributed by atoms with E-state index >= 15 is 0 Å². The van der Waals surface area contributed by atoms with Crippen LogP contribution in [0.2, 0.25) is 0 Å². The van der Waals surface area contributed by atoms with Gasteiger partial charge in [-0.2, -0.15) is 0 Å². The standard InChI is InChI=1S/C13H19BrN2O2/c1-9(15-2)11-5-4-10(14)8-12(11)18-7-6-13(17)16-3/h4-5,8-9,15H,6-7H2,1-3H3,(H,16,17). The number of ether oxygens (including phenoxy) is 1. The number of benzene rings is 1. The van der Waals surface area contributed by atoms with Gasteiger partial charge in [0.05, 0.1) is 13.0 Å². The molecule has 0 aliphatic rings. The van der Waals surface area contributed by atoms with E-state index in [1.54, 1.807) is 7.05 Å². The molecule has 0 bridgehead atoms. The lowest BCUT2D eigenvalue weighted by atomic mass is 10.1. The molecule has 5 heteroatoms. The Hall–Kier alpha value is -1.07. The SMILES string of the molecule is CNC(=O)CCOc1cc(Br)ccc1C(C)NC. The van der Waals surface area contributed by atoms with E-state index in [9.17, 15) is 4.79 Å². The summed E-state index contributed by atoms with van der Waals surface area (Å²) in [6.07, 6.45) is 0.358. The van der Waals surface area contributed by atoms with Crippen molar-refractivity contribution in [1.29, 1.82) is 0 Å². The van der Waals surface area contributed by atoms with E-state index in [1.807, 2.05) is 25.2 Å². The number of hydrogen-bond acceptors (Lipinski definition) is 3. The number of hydrogen-bond donors (Lipinski definition) is 2. The zero-order chi connectivity index (χ0) is 13.5. The minimum absolute atomic E-state index is 0.0202. The van der Waals surface area contributed by atoms with Crippen LogP contribution in [-0.4, -0.2) is 26.6 Å². The van der Waals surface area contributed by atoms with Gasteiger partial charge in [-0.3, -0.25) is 4.79 Å². The van der Waals surface area contributed by atoms with Crippen molar-refractivity contribution in [2.24, 2.45) is 0 Å². The van der Waals surface area contributed by atoms with E-state index in [0.717, 1.165) is 15.8 Å². The molecule has 1 unspecified atom stereocenters. The van der Waals surface area contributed by atoms with Crippen LogP contribution >= 0.6 is 15.9 Å². The summed E-state index contributed by atoms with van der Waals surface area (Å²) >= 11 is 3.42. The molecule has 100 valence electrons. The van der Waals surface area contributed by atoms with Gasteiger partial charge in [-0.15, -0.1) is 0 Å². The smallest absolute Gasteiger partial charge is 0.223 e. The minimum atomic E-state index is -0.0202. The van der Waals surface area contributed by atoms with Crippen LogP contribution in [0.3, 0.4) is 0 Å². The molecule has 1 rings (SSSR count). The molecule has 1 atom stereocenters. The van der Waals surface area contributed by atoms with Gasteiger partial charge < -0.3 is 15.4 Å². The Labute approximate surface area is 116 Å². The third-order valence-corrected chi connectivity index (χ3v) is 3.23. The van der Waals surface area contributed by atoms with Crippen LogP contribution in [0.5, 0.6) is 5.75 Å². The van der Waals surface area contributed by atoms with Gasteiger partial charge in [0.2, 0.25) is 5.91 Å². The molecule has 0 radical (unpaired) electrons. The van der Waals surface area contributed by atoms with Gasteiger partial charge in [-0.05, 0) is 26.1 Å². The van der Waals surface area contributed by atoms with Crippen molar-refractivity contribution < 1.29 is 9.53 Å². The molecule has 0 saturated heterocycles. The fourth-order valence-corrected chi connectivity index (χ4v) is 1.87. The molecule has 0 saturated carbocycles. The number of amides is 1. The molecule has 0 aliphatic carbocycles. The fourth-order valence-electron chi connectivity index (χ4n) is 1.53. The van der Waals surface area contributed by atoms with Crippen LogP contribution in [-0.2, 0) is 4.79 Å². The average Bonchev–Trinajstić information content (AvgIpc) is 2.37. The van der Waals surface area contributed by atoms with Gasteiger partial charge >= 0.3 is 0 Å². The number of carbonyl (C=O) groups excluding carboxylic acids is 1. The molecule has 1 amide bonds. The maximum atomic E-state index is 11.1. The van der Waals surface area contributed by atoms with Crippen molar-refractivity contribution in [1.82, 2.24) is 10.6 Å². The van der Waals surface area contributed by atoms with Crippen LogP contribution in [0.15, 0.2) is 22.7 Å². The summed E-state index contributed by atoms with van der Waals surface area (Å²) in [4.78, 5) is 11.1. The average molecular weight is 315 g/mol. The first-order valence-electron chi connectivity index (χ1n) is 5.88. The van der Waals surface area contributed by atoms with Crippen molar-refractivity contribution in [2.75, 3.05) is 20.7 Å². The van der Waals surface area contributed by atoms with Crippen LogP contribution in [0.25, 0.3) is 0 Å². The second-order valence-corrected chi connectivity index (χ2v) is 4.88. The molecule has 2 N–H and O–H groups in total. The predicted molar refractivity (Wildman–Crippen MR) is 75.8 cm³/mol. The lowest BCUT2D eigenvalue weighted by molar-refractivity contribution is -0.121. The monoisotopic (exact) mass is 314 g/mol. The Balaban J connectivity index is 2.73. The Kier molecular flexibility index (Phi) is 6.15. The summed E-state index contributed by atoms with van der Waals surface area (Å²) in [6.45, 7) is 2.44. The molecule has 0 fully saturated rings. The molecule has 1 aromatic carbocycles. The van der Waals surface area contributed by atoms with E-state index < -0.39 is 0 Å². The summed E-state index contributed by atoms with van der Waals surface area (Å²) < 4.78 is 6.65. The molecular formula is C13H19BrN2O2. The highest BCUT2D eigenvalue weighted by atomic mass is 79.9. The highest BCUT2D eigenvalue weighted by Crippen LogP contribution is 2.28. The Morgan fingerprint density at radius 2 is 2.17 bits per heavy atom. The van der Waals surface area contributed by atoms with Gasteiger partial charge in [0.15, 0.2) is 0 Å². The third-order valence-electron chi connectivity index (χ3n) is 2.74. The van der Waals surface area contributed by atoms with Crippen molar-refractivity contribution >= 4 is 21.8 Å². The molecule has 18 heavy (non-hydrogen) atoms. The first-order chi connectivity index (χ1) is 8.58. The number of nitrogens with one attached hydrogen (secondary N) is 2. The molecule has 0 heterocycles. The quantitative estimate of drug-likeness (QED) is 0.846. The molecule has 0 spiro atoms. The number of carbonyl (C=O) groups is 1. The summed E-state index contributed by atoms with van der Waals surface area (Å²) in [5.41, 5.74) is 1.08. The van der Waals surface area contributed by atoms with Gasteiger partial charge in [-0.25, -0.2) is 0 Å². The number of halogens is 1. The summed E-state index contributed by atoms with van der Waals surface area (Å²) in [5.74, 6) is 0.781. The highest BCUT2D eigenvalue weighted by Gasteiger charge is 2.11. The lowest BCUT2D eigenvalue weighted by Crippen LogP contribution is -2.20. The molecule has 0 aliphatic heterocycles. The summed E-state index contributed by atoms with van der Waals surface area (Å²) in [6, 6.07) is 6.12. The fraction of sp³-hybridized carbons (Fsp3) is 0.462. The van der Waals surface area contributed by atoms with Crippen molar-refractivity contribution in [3.05, 3.63) is 28.2 Å². The van der Waals surface area contributed by atoms with E-state index in [-0.39, 0.29) is 11.9 Å². The molecule has 4 nitrogen and oxygen atoms in total. The number of rotatable bonds is 6. The van der Waals surface area contributed by atoms with E-state index in [0.29, 0.717) is 13.0 Å². The Bertz CT molecular complexity index is 410. The topological polar surface area (TPSA) is 50.4 Å². The predicted octanol–water partition coefficient (Wildman–Crippen LogP) is 2.24. The zero-order valence-corrected chi connectivity index (χ0v) is 12.5. The maximum absolute atomic E-state index is 11.1. The highest BCUT2D eigenvalue weighted by molar-refractivity contribution is 9.10. The second-order valence-electron chi connectivity index (χ2n) is 3.96. The molecule has 0 aromatic heterocycles. The Morgan fingerprint density at radius 1 is 1.44 bits per heavy atom. The van der Waals surface area contributed by atoms with Gasteiger partial charge in [0.25, 0.3) is 0 Å². The summed E-state index contributed by atoms with van der Waals surface area (Å²) in [7, 11) is 3.52. The first-order valence-corrected chi connectivity index (χ1v) is 6.68. The minimum Gasteiger partial charge on any atom is -0.493 e. The van der Waals surface area contributed by atoms with E-state index in [1.165, 1.54) is 0 Å². The third kappa shape index (κ3) is 4.31. The van der Waals surface area contributed by atoms with Crippen molar-refractivity contribution in [3.63, 3.8) is 0 Å². The van der Waals surface area contributed by atoms with E-state index in [2.05, 4.69) is 33.5 Å². The van der Waals surface area contributed by atoms with Crippen molar-refractivity contribution in [2.45, 2.75) is 19.4 Å². The largest absolute Gasteiger partial charge is 0.493 e. The van der Waals surface area contributed by atoms with Crippen LogP contribution < -0.4 is 15.4 Å². The summed E-state index contributed by atoms with van der Waals surface area (Å²) in [5, 5.41) is 5.75. The van der Waals surface area contributed by atoms with Crippen LogP contribution in [0.4, 0.5) is 0 Å². The lowest BCUT2D eigenvalue weighted by Gasteiger charge is -2.16. The maximum Gasteiger partial charge on any atom is 0.223 e. The second kappa shape index (κ2) is 7.38. The van der Waals surface area contributed by atoms with Gasteiger partial charge in [0.1, 0.15) is 5.75 Å². The van der Waals surface area contributed by atoms with Gasteiger partial charge in [-0.1, -0.05) is 22.0 Å². The molecular weight excluding hydrogens is 296 g/mol. The van der Waals surface area contributed by atoms with Crippen LogP contribution in [0.1, 0.15) is 24.9 Å². The molecule has 1 aromatic rings. The van der Waals surface area contributed by atoms with Crippen LogP contribution in [0, 0.1) is 0 Å². The zero-order valence-electron chi connectivity index (χ0n) is 10.9. The van der Waals surface area contributed by atoms with Gasteiger partial charge in [0, 0.05) is 23.1 Å².